The van der Waals surface area contributed by atoms with Gasteiger partial charge in [0, 0.05) is 10.8 Å². The molecule has 0 rings (SSSR count). The average molecular weight is 210 g/mol. The van der Waals surface area contributed by atoms with E-state index < -0.39 is 6.03 Å². The summed E-state index contributed by atoms with van der Waals surface area (Å²) in [7, 11) is 0. The third kappa shape index (κ3) is 6.63. The fraction of sp³-hybridized carbons (Fsp3) is 0.833. The van der Waals surface area contributed by atoms with Crippen LogP contribution in [0.3, 0.4) is 0 Å². The molecule has 0 heterocycles. The van der Waals surface area contributed by atoms with Gasteiger partial charge < -0.3 is 16.2 Å². The van der Waals surface area contributed by atoms with E-state index in [1.54, 1.807) is 23.5 Å². The highest BCUT2D eigenvalue weighted by atomic mass is 32.2. The van der Waals surface area contributed by atoms with Crippen molar-refractivity contribution < 1.29 is 9.90 Å². The molecular formula is C6H14N2O2S2. The van der Waals surface area contributed by atoms with E-state index in [1.807, 2.05) is 6.26 Å². The van der Waals surface area contributed by atoms with E-state index in [2.05, 4.69) is 5.32 Å². The van der Waals surface area contributed by atoms with Crippen molar-refractivity contribution in [1.29, 1.82) is 0 Å². The minimum atomic E-state index is -0.584. The zero-order chi connectivity index (χ0) is 9.40. The van der Waals surface area contributed by atoms with Gasteiger partial charge in [-0.3, -0.25) is 0 Å². The summed E-state index contributed by atoms with van der Waals surface area (Å²) in [5.74, 6) is 0.695. The van der Waals surface area contributed by atoms with Gasteiger partial charge in [-0.25, -0.2) is 4.79 Å². The van der Waals surface area contributed by atoms with E-state index in [9.17, 15) is 4.79 Å². The Labute approximate surface area is 80.7 Å². The van der Waals surface area contributed by atoms with E-state index >= 15 is 0 Å². The summed E-state index contributed by atoms with van der Waals surface area (Å²) in [5, 5.41) is 12.2. The molecule has 1 atom stereocenters. The van der Waals surface area contributed by atoms with E-state index in [1.165, 1.54) is 0 Å². The van der Waals surface area contributed by atoms with Gasteiger partial charge in [0.05, 0.1) is 12.6 Å². The maximum atomic E-state index is 10.4. The quantitative estimate of drug-likeness (QED) is 0.428. The minimum absolute atomic E-state index is 0.0652. The maximum absolute atomic E-state index is 10.4. The number of hydrogen-bond acceptors (Lipinski definition) is 4. The second kappa shape index (κ2) is 7.57. The van der Waals surface area contributed by atoms with Gasteiger partial charge in [-0.1, -0.05) is 0 Å². The van der Waals surface area contributed by atoms with Crippen LogP contribution in [0.25, 0.3) is 0 Å². The molecule has 1 unspecified atom stereocenters. The van der Waals surface area contributed by atoms with Crippen LogP contribution in [0, 0.1) is 0 Å². The molecule has 0 saturated heterocycles. The average Bonchev–Trinajstić information content (AvgIpc) is 2.02. The van der Waals surface area contributed by atoms with Crippen molar-refractivity contribution in [1.82, 2.24) is 5.32 Å². The van der Waals surface area contributed by atoms with Crippen LogP contribution in [0.2, 0.25) is 0 Å². The number of carbonyl (C=O) groups is 1. The van der Waals surface area contributed by atoms with Crippen LogP contribution < -0.4 is 11.1 Å². The Morgan fingerprint density at radius 2 is 2.42 bits per heavy atom. The SMILES string of the molecule is CSCSCC(CO)NC(N)=O. The van der Waals surface area contributed by atoms with Crippen molar-refractivity contribution in [3.05, 3.63) is 0 Å². The fourth-order valence-electron chi connectivity index (χ4n) is 0.615. The second-order valence-corrected chi connectivity index (χ2v) is 4.43. The van der Waals surface area contributed by atoms with E-state index in [0.717, 1.165) is 5.08 Å². The van der Waals surface area contributed by atoms with Gasteiger partial charge in [0.1, 0.15) is 0 Å². The van der Waals surface area contributed by atoms with Gasteiger partial charge in [-0.2, -0.15) is 11.8 Å². The molecule has 0 aliphatic heterocycles. The number of urea groups is 1. The Morgan fingerprint density at radius 1 is 1.75 bits per heavy atom. The highest BCUT2D eigenvalue weighted by molar-refractivity contribution is 8.15. The standard InChI is InChI=1S/C6H14N2O2S2/c1-11-4-12-3-5(2-9)8-6(7)10/h5,9H,2-4H2,1H3,(H3,7,8,10). The summed E-state index contributed by atoms with van der Waals surface area (Å²) in [5.41, 5.74) is 4.90. The summed E-state index contributed by atoms with van der Waals surface area (Å²) in [6.07, 6.45) is 2.00. The third-order valence-corrected chi connectivity index (χ3v) is 3.33. The van der Waals surface area contributed by atoms with Crippen molar-refractivity contribution in [2.24, 2.45) is 5.73 Å². The lowest BCUT2D eigenvalue weighted by molar-refractivity contribution is 0.228. The Kier molecular flexibility index (Phi) is 7.53. The van der Waals surface area contributed by atoms with Gasteiger partial charge in [-0.05, 0) is 6.26 Å². The van der Waals surface area contributed by atoms with Crippen molar-refractivity contribution in [3.8, 4) is 0 Å². The molecule has 0 aromatic heterocycles. The highest BCUT2D eigenvalue weighted by Gasteiger charge is 2.07. The zero-order valence-electron chi connectivity index (χ0n) is 6.95. The molecule has 0 aromatic carbocycles. The zero-order valence-corrected chi connectivity index (χ0v) is 8.58. The summed E-state index contributed by atoms with van der Waals surface area (Å²) in [6, 6.07) is -0.807. The lowest BCUT2D eigenvalue weighted by Crippen LogP contribution is -2.42. The molecule has 0 aromatic rings. The monoisotopic (exact) mass is 210 g/mol. The van der Waals surface area contributed by atoms with E-state index in [4.69, 9.17) is 10.8 Å². The summed E-state index contributed by atoms with van der Waals surface area (Å²) in [6.45, 7) is -0.0652. The number of amides is 2. The normalized spacial score (nSPS) is 12.5. The van der Waals surface area contributed by atoms with Gasteiger partial charge in [-0.15, -0.1) is 11.8 Å². The van der Waals surface area contributed by atoms with Crippen molar-refractivity contribution in [2.75, 3.05) is 23.7 Å². The van der Waals surface area contributed by atoms with Crippen LogP contribution in [-0.2, 0) is 0 Å². The number of carbonyl (C=O) groups excluding carboxylic acids is 1. The van der Waals surface area contributed by atoms with Crippen LogP contribution in [0.1, 0.15) is 0 Å². The molecular weight excluding hydrogens is 196 g/mol. The first-order valence-corrected chi connectivity index (χ1v) is 5.99. The van der Waals surface area contributed by atoms with Gasteiger partial charge >= 0.3 is 6.03 Å². The van der Waals surface area contributed by atoms with E-state index in [-0.39, 0.29) is 12.6 Å². The third-order valence-electron chi connectivity index (χ3n) is 1.09. The molecule has 4 N–H and O–H groups in total. The highest BCUT2D eigenvalue weighted by Crippen LogP contribution is 2.09. The molecule has 0 fully saturated rings. The topological polar surface area (TPSA) is 75.3 Å². The van der Waals surface area contributed by atoms with Crippen LogP contribution >= 0.6 is 23.5 Å². The van der Waals surface area contributed by atoms with Gasteiger partial charge in [0.25, 0.3) is 0 Å². The largest absolute Gasteiger partial charge is 0.394 e. The lowest BCUT2D eigenvalue weighted by atomic mass is 10.4. The first-order chi connectivity index (χ1) is 5.70. The number of nitrogens with two attached hydrogens (primary N) is 1. The number of nitrogens with one attached hydrogen (secondary N) is 1. The Hall–Kier alpha value is -0.0700. The number of rotatable bonds is 6. The summed E-state index contributed by atoms with van der Waals surface area (Å²) in [4.78, 5) is 10.4. The molecule has 6 heteroatoms. The molecule has 0 aliphatic rings. The van der Waals surface area contributed by atoms with E-state index in [0.29, 0.717) is 5.75 Å². The van der Waals surface area contributed by atoms with Gasteiger partial charge in [0.2, 0.25) is 0 Å². The first kappa shape index (κ1) is 11.9. The number of primary amides is 1. The predicted octanol–water partition coefficient (Wildman–Crippen LogP) is 0.0693. The van der Waals surface area contributed by atoms with Crippen LogP contribution in [0.4, 0.5) is 4.79 Å². The summed E-state index contributed by atoms with van der Waals surface area (Å²) >= 11 is 3.37. The number of aliphatic hydroxyl groups excluding tert-OH is 1. The Balaban J connectivity index is 3.46. The molecule has 0 aliphatic carbocycles. The number of thioether (sulfide) groups is 2. The maximum Gasteiger partial charge on any atom is 0.312 e. The second-order valence-electron chi connectivity index (χ2n) is 2.17. The van der Waals surface area contributed by atoms with Crippen molar-refractivity contribution in [2.45, 2.75) is 6.04 Å². The molecule has 0 spiro atoms. The number of aliphatic hydroxyl groups is 1. The Morgan fingerprint density at radius 3 is 2.83 bits per heavy atom. The summed E-state index contributed by atoms with van der Waals surface area (Å²) < 4.78 is 0. The van der Waals surface area contributed by atoms with Crippen molar-refractivity contribution in [3.63, 3.8) is 0 Å². The van der Waals surface area contributed by atoms with Crippen molar-refractivity contribution >= 4 is 29.6 Å². The molecule has 72 valence electrons. The molecule has 0 bridgehead atoms. The van der Waals surface area contributed by atoms with Gasteiger partial charge in [0.15, 0.2) is 0 Å². The number of hydrogen-bond donors (Lipinski definition) is 3. The predicted molar refractivity (Wildman–Crippen MR) is 54.4 cm³/mol. The smallest absolute Gasteiger partial charge is 0.312 e. The minimum Gasteiger partial charge on any atom is -0.394 e. The Bertz CT molecular complexity index is 135. The first-order valence-electron chi connectivity index (χ1n) is 3.44. The fourth-order valence-corrected chi connectivity index (χ4v) is 2.14. The van der Waals surface area contributed by atoms with Crippen LogP contribution in [0.5, 0.6) is 0 Å². The molecule has 0 saturated carbocycles. The lowest BCUT2D eigenvalue weighted by Gasteiger charge is -2.13. The molecule has 12 heavy (non-hydrogen) atoms. The molecule has 4 nitrogen and oxygen atoms in total. The van der Waals surface area contributed by atoms with Crippen LogP contribution in [-0.4, -0.2) is 40.9 Å². The molecule has 0 radical (unpaired) electrons. The molecule has 2 amide bonds. The van der Waals surface area contributed by atoms with Crippen LogP contribution in [0.15, 0.2) is 0 Å².